The zero-order valence-corrected chi connectivity index (χ0v) is 15.3. The number of phenolic OH excluding ortho intramolecular Hbond substituents is 1. The van der Waals surface area contributed by atoms with Crippen molar-refractivity contribution in [1.29, 1.82) is 0 Å². The second kappa shape index (κ2) is 7.35. The molecule has 142 valence electrons. The summed E-state index contributed by atoms with van der Waals surface area (Å²) in [4.78, 5) is 0. The van der Waals surface area contributed by atoms with Crippen molar-refractivity contribution in [2.75, 3.05) is 6.61 Å². The number of hydrogen-bond acceptors (Lipinski definition) is 5. The number of rotatable bonds is 4. The molecule has 27 heavy (non-hydrogen) atoms. The lowest BCUT2D eigenvalue weighted by Gasteiger charge is -2.33. The Hall–Kier alpha value is -2.34. The molecule has 2 aromatic carbocycles. The van der Waals surface area contributed by atoms with Crippen molar-refractivity contribution < 1.29 is 24.5 Å². The van der Waals surface area contributed by atoms with Crippen molar-refractivity contribution in [2.24, 2.45) is 0 Å². The first-order valence-corrected chi connectivity index (χ1v) is 9.27. The van der Waals surface area contributed by atoms with Crippen molar-refractivity contribution in [3.05, 3.63) is 64.9 Å². The van der Waals surface area contributed by atoms with Crippen LogP contribution in [0.5, 0.6) is 5.75 Å². The van der Waals surface area contributed by atoms with Crippen LogP contribution < -0.4 is 0 Å². The lowest BCUT2D eigenvalue weighted by molar-refractivity contribution is -0.114. The molecule has 5 heteroatoms. The van der Waals surface area contributed by atoms with E-state index in [0.717, 1.165) is 27.9 Å². The summed E-state index contributed by atoms with van der Waals surface area (Å²) in [6, 6.07) is 13.6. The summed E-state index contributed by atoms with van der Waals surface area (Å²) in [6.45, 7) is 1.81. The predicted octanol–water partition coefficient (Wildman–Crippen LogP) is 3.61. The molecule has 1 aromatic heterocycles. The van der Waals surface area contributed by atoms with Crippen LogP contribution in [0.1, 0.15) is 41.4 Å². The summed E-state index contributed by atoms with van der Waals surface area (Å²) in [5, 5.41) is 31.0. The molecule has 1 saturated heterocycles. The quantitative estimate of drug-likeness (QED) is 0.655. The van der Waals surface area contributed by atoms with Gasteiger partial charge in [0.1, 0.15) is 17.1 Å². The standard InChI is InChI=1S/C22H24O5/c1-13-6-20(25)19(22-11-16(24)10-18(12-23)27-22)9-15(13)8-17-7-14-4-2-3-5-21(14)26-17/h2-7,9,16,18,22-25H,8,10-12H2,1H3/t16-,18-,22+/m0/s1. The van der Waals surface area contributed by atoms with Crippen LogP contribution in [0.4, 0.5) is 0 Å². The fraction of sp³-hybridized carbons (Fsp3) is 0.364. The highest BCUT2D eigenvalue weighted by Gasteiger charge is 2.31. The Balaban J connectivity index is 1.64. The summed E-state index contributed by atoms with van der Waals surface area (Å²) in [6.07, 6.45) is -0.00515. The third kappa shape index (κ3) is 3.72. The second-order valence-electron chi connectivity index (χ2n) is 7.32. The highest BCUT2D eigenvalue weighted by atomic mass is 16.5. The Bertz CT molecular complexity index is 912. The van der Waals surface area contributed by atoms with Crippen molar-refractivity contribution >= 4 is 11.0 Å². The molecule has 0 unspecified atom stereocenters. The molecule has 1 aliphatic rings. The van der Waals surface area contributed by atoms with Gasteiger partial charge in [-0.05, 0) is 42.3 Å². The average molecular weight is 368 g/mol. The van der Waals surface area contributed by atoms with Gasteiger partial charge < -0.3 is 24.5 Å². The minimum absolute atomic E-state index is 0.147. The summed E-state index contributed by atoms with van der Waals surface area (Å²) < 4.78 is 11.8. The molecule has 0 aliphatic carbocycles. The molecule has 0 bridgehead atoms. The van der Waals surface area contributed by atoms with E-state index >= 15 is 0 Å². The van der Waals surface area contributed by atoms with Gasteiger partial charge in [-0.1, -0.05) is 18.2 Å². The lowest BCUT2D eigenvalue weighted by atomic mass is 9.92. The Morgan fingerprint density at radius 3 is 2.70 bits per heavy atom. The molecule has 2 heterocycles. The molecule has 5 nitrogen and oxygen atoms in total. The maximum atomic E-state index is 10.4. The van der Waals surface area contributed by atoms with Gasteiger partial charge in [0.05, 0.1) is 24.9 Å². The van der Waals surface area contributed by atoms with Crippen LogP contribution in [0, 0.1) is 6.92 Å². The number of phenols is 1. The Labute approximate surface area is 157 Å². The predicted molar refractivity (Wildman–Crippen MR) is 102 cm³/mol. The lowest BCUT2D eigenvalue weighted by Crippen LogP contribution is -2.33. The molecular formula is C22H24O5. The average Bonchev–Trinajstić information content (AvgIpc) is 3.05. The summed E-state index contributed by atoms with van der Waals surface area (Å²) in [7, 11) is 0. The largest absolute Gasteiger partial charge is 0.508 e. The minimum Gasteiger partial charge on any atom is -0.508 e. The number of fused-ring (bicyclic) bond motifs is 1. The molecule has 0 amide bonds. The SMILES string of the molecule is Cc1cc(O)c([C@H]2C[C@@H](O)C[C@@H](CO)O2)cc1Cc1cc2ccccc2o1. The maximum absolute atomic E-state index is 10.4. The molecule has 1 aliphatic heterocycles. The number of para-hydroxylation sites is 1. The van der Waals surface area contributed by atoms with Crippen molar-refractivity contribution in [1.82, 2.24) is 0 Å². The van der Waals surface area contributed by atoms with Crippen molar-refractivity contribution in [3.63, 3.8) is 0 Å². The zero-order valence-electron chi connectivity index (χ0n) is 15.3. The fourth-order valence-corrected chi connectivity index (χ4v) is 3.82. The summed E-state index contributed by atoms with van der Waals surface area (Å²) >= 11 is 0. The number of aliphatic hydroxyl groups is 2. The van der Waals surface area contributed by atoms with Gasteiger partial charge in [-0.15, -0.1) is 0 Å². The number of benzene rings is 2. The molecular weight excluding hydrogens is 344 g/mol. The monoisotopic (exact) mass is 368 g/mol. The highest BCUT2D eigenvalue weighted by molar-refractivity contribution is 5.77. The third-order valence-corrected chi connectivity index (χ3v) is 5.25. The van der Waals surface area contributed by atoms with Crippen LogP contribution in [0.25, 0.3) is 11.0 Å². The third-order valence-electron chi connectivity index (χ3n) is 5.25. The fourth-order valence-electron chi connectivity index (χ4n) is 3.82. The van der Waals surface area contributed by atoms with Gasteiger partial charge in [0.2, 0.25) is 0 Å². The number of aliphatic hydroxyl groups excluding tert-OH is 2. The Morgan fingerprint density at radius 1 is 1.11 bits per heavy atom. The summed E-state index contributed by atoms with van der Waals surface area (Å²) in [5.74, 6) is 1.01. The van der Waals surface area contributed by atoms with E-state index < -0.39 is 18.3 Å². The topological polar surface area (TPSA) is 83.1 Å². The molecule has 0 spiro atoms. The van der Waals surface area contributed by atoms with E-state index in [2.05, 4.69) is 0 Å². The number of aryl methyl sites for hydroxylation is 1. The first kappa shape index (κ1) is 18.0. The van der Waals surface area contributed by atoms with Crippen LogP contribution in [0.3, 0.4) is 0 Å². The van der Waals surface area contributed by atoms with E-state index in [1.807, 2.05) is 43.3 Å². The second-order valence-corrected chi connectivity index (χ2v) is 7.32. The van der Waals surface area contributed by atoms with Gasteiger partial charge in [0.25, 0.3) is 0 Å². The van der Waals surface area contributed by atoms with Crippen molar-refractivity contribution in [3.8, 4) is 5.75 Å². The van der Waals surface area contributed by atoms with E-state index in [9.17, 15) is 15.3 Å². The molecule has 0 radical (unpaired) electrons. The first-order valence-electron chi connectivity index (χ1n) is 9.27. The minimum atomic E-state index is -0.555. The van der Waals surface area contributed by atoms with Crippen LogP contribution in [-0.4, -0.2) is 34.1 Å². The molecule has 3 atom stereocenters. The number of furan rings is 1. The van der Waals surface area contributed by atoms with E-state index in [0.29, 0.717) is 24.8 Å². The normalized spacial score (nSPS) is 23.0. The van der Waals surface area contributed by atoms with Gasteiger partial charge >= 0.3 is 0 Å². The van der Waals surface area contributed by atoms with Gasteiger partial charge in [0, 0.05) is 30.2 Å². The van der Waals surface area contributed by atoms with Gasteiger partial charge in [-0.25, -0.2) is 0 Å². The number of ether oxygens (including phenoxy) is 1. The van der Waals surface area contributed by atoms with E-state index in [1.54, 1.807) is 6.07 Å². The molecule has 1 fully saturated rings. The Kier molecular flexibility index (Phi) is 4.91. The van der Waals surface area contributed by atoms with E-state index in [4.69, 9.17) is 9.15 Å². The van der Waals surface area contributed by atoms with Crippen LogP contribution in [-0.2, 0) is 11.2 Å². The zero-order chi connectivity index (χ0) is 19.0. The molecule has 4 rings (SSSR count). The van der Waals surface area contributed by atoms with Gasteiger partial charge in [-0.3, -0.25) is 0 Å². The number of hydrogen-bond donors (Lipinski definition) is 3. The van der Waals surface area contributed by atoms with E-state index in [1.165, 1.54) is 0 Å². The smallest absolute Gasteiger partial charge is 0.134 e. The highest BCUT2D eigenvalue weighted by Crippen LogP contribution is 2.38. The molecule has 3 aromatic rings. The summed E-state index contributed by atoms with van der Waals surface area (Å²) in [5.41, 5.74) is 3.50. The van der Waals surface area contributed by atoms with Crippen molar-refractivity contribution in [2.45, 2.75) is 44.5 Å². The van der Waals surface area contributed by atoms with Crippen LogP contribution in [0.15, 0.2) is 46.9 Å². The van der Waals surface area contributed by atoms with Crippen LogP contribution >= 0.6 is 0 Å². The molecule has 3 N–H and O–H groups in total. The molecule has 0 saturated carbocycles. The van der Waals surface area contributed by atoms with Gasteiger partial charge in [-0.2, -0.15) is 0 Å². The number of aromatic hydroxyl groups is 1. The van der Waals surface area contributed by atoms with Gasteiger partial charge in [0.15, 0.2) is 0 Å². The van der Waals surface area contributed by atoms with Crippen LogP contribution in [0.2, 0.25) is 0 Å². The van der Waals surface area contributed by atoms with E-state index in [-0.39, 0.29) is 12.4 Å². The Morgan fingerprint density at radius 2 is 1.93 bits per heavy atom. The maximum Gasteiger partial charge on any atom is 0.134 e. The first-order chi connectivity index (χ1) is 13.0.